The zero-order valence-corrected chi connectivity index (χ0v) is 24.5. The third-order valence-corrected chi connectivity index (χ3v) is 10.8. The first kappa shape index (κ1) is 28.1. The summed E-state index contributed by atoms with van der Waals surface area (Å²) in [6, 6.07) is 5.95. The molecule has 1 saturated heterocycles. The molecule has 214 valence electrons. The summed E-state index contributed by atoms with van der Waals surface area (Å²) in [5.74, 6) is 0.217. The Labute approximate surface area is 232 Å². The average molecular weight is 538 g/mol. The molecule has 8 nitrogen and oxygen atoms in total. The van der Waals surface area contributed by atoms with E-state index in [0.29, 0.717) is 23.3 Å². The zero-order chi connectivity index (χ0) is 27.9. The lowest BCUT2D eigenvalue weighted by Crippen LogP contribution is -2.44. The number of carbonyl (C=O) groups is 2. The van der Waals surface area contributed by atoms with Crippen molar-refractivity contribution >= 4 is 22.8 Å². The summed E-state index contributed by atoms with van der Waals surface area (Å²) in [4.78, 5) is 39.6. The van der Waals surface area contributed by atoms with Crippen molar-refractivity contribution in [3.05, 3.63) is 34.2 Å². The fourth-order valence-corrected chi connectivity index (χ4v) is 7.90. The van der Waals surface area contributed by atoms with Crippen molar-refractivity contribution in [2.75, 3.05) is 20.1 Å². The van der Waals surface area contributed by atoms with Gasteiger partial charge in [0.1, 0.15) is 6.04 Å². The zero-order valence-electron chi connectivity index (χ0n) is 24.5. The van der Waals surface area contributed by atoms with Gasteiger partial charge in [0.15, 0.2) is 0 Å². The van der Waals surface area contributed by atoms with Gasteiger partial charge in [-0.2, -0.15) is 0 Å². The topological polar surface area (TPSA) is 88.4 Å². The molecule has 8 heteroatoms. The van der Waals surface area contributed by atoms with Crippen molar-refractivity contribution in [2.45, 2.75) is 97.2 Å². The van der Waals surface area contributed by atoms with Gasteiger partial charge in [0, 0.05) is 26.1 Å². The number of aromatic nitrogens is 2. The second kappa shape index (κ2) is 10.8. The van der Waals surface area contributed by atoms with E-state index in [-0.39, 0.29) is 18.0 Å². The minimum atomic E-state index is -0.653. The Morgan fingerprint density at radius 3 is 2.54 bits per heavy atom. The van der Waals surface area contributed by atoms with Crippen LogP contribution < -0.4 is 16.3 Å². The Kier molecular flexibility index (Phi) is 7.81. The number of piperidine rings is 1. The molecule has 1 aliphatic heterocycles. The van der Waals surface area contributed by atoms with Gasteiger partial charge >= 0.3 is 5.69 Å². The highest BCUT2D eigenvalue weighted by Gasteiger charge is 2.60. The van der Waals surface area contributed by atoms with Crippen molar-refractivity contribution < 1.29 is 9.59 Å². The number of nitrogens with zero attached hydrogens (tertiary/aromatic N) is 3. The first-order valence-electron chi connectivity index (χ1n) is 15.0. The maximum Gasteiger partial charge on any atom is 0.329 e. The molecule has 2 amide bonds. The van der Waals surface area contributed by atoms with E-state index in [1.54, 1.807) is 16.2 Å². The number of imidazole rings is 1. The predicted molar refractivity (Wildman–Crippen MR) is 154 cm³/mol. The van der Waals surface area contributed by atoms with E-state index in [2.05, 4.69) is 49.4 Å². The first-order chi connectivity index (χ1) is 18.5. The summed E-state index contributed by atoms with van der Waals surface area (Å²) >= 11 is 0. The molecule has 0 radical (unpaired) electrons. The van der Waals surface area contributed by atoms with Crippen molar-refractivity contribution in [1.82, 2.24) is 24.7 Å². The number of unbranched alkanes of at least 4 members (excludes halogenated alkanes) is 3. The van der Waals surface area contributed by atoms with Gasteiger partial charge in [0.05, 0.1) is 11.0 Å². The molecule has 39 heavy (non-hydrogen) atoms. The number of imide groups is 1. The molecular formula is C31H47N5O3. The van der Waals surface area contributed by atoms with Crippen LogP contribution in [-0.2, 0) is 23.2 Å². The molecule has 2 heterocycles. The molecule has 1 aromatic carbocycles. The summed E-state index contributed by atoms with van der Waals surface area (Å²) in [6.07, 6.45) is 9.58. The number of aryl methyl sites for hydroxylation is 1. The summed E-state index contributed by atoms with van der Waals surface area (Å²) in [5, 5.41) is 6.30. The van der Waals surface area contributed by atoms with Crippen molar-refractivity contribution in [3.63, 3.8) is 0 Å². The summed E-state index contributed by atoms with van der Waals surface area (Å²) in [5.41, 5.74) is 3.40. The van der Waals surface area contributed by atoms with E-state index in [1.807, 2.05) is 12.1 Å². The fourth-order valence-electron chi connectivity index (χ4n) is 7.90. The lowest BCUT2D eigenvalue weighted by molar-refractivity contribution is -0.135. The van der Waals surface area contributed by atoms with Gasteiger partial charge in [0.2, 0.25) is 11.8 Å². The predicted octanol–water partition coefficient (Wildman–Crippen LogP) is 4.11. The first-order valence-corrected chi connectivity index (χ1v) is 15.0. The van der Waals surface area contributed by atoms with Gasteiger partial charge < -0.3 is 10.2 Å². The molecule has 2 N–H and O–H groups in total. The summed E-state index contributed by atoms with van der Waals surface area (Å²) in [6.45, 7) is 10.3. The standard InChI is InChI=1S/C31H47N5O3/c1-30(2)22-15-16-31(30,3)25(19-22)32-17-8-6-7-9-18-34(4)20-21-11-10-12-23-27(21)35(5)29(39)36(23)24-13-14-26(37)33-28(24)38/h10-12,22,24-25,32H,6-9,13-20H2,1-5H3,(H,33,37,38)/t22-,24?,25+,31+/m1/s1. The number of para-hydroxylation sites is 1. The maximum atomic E-state index is 13.2. The lowest BCUT2D eigenvalue weighted by atomic mass is 9.69. The van der Waals surface area contributed by atoms with E-state index in [0.717, 1.165) is 48.6 Å². The Bertz CT molecular complexity index is 1290. The van der Waals surface area contributed by atoms with Gasteiger partial charge in [-0.3, -0.25) is 24.0 Å². The average Bonchev–Trinajstić information content (AvgIpc) is 3.35. The molecule has 3 fully saturated rings. The number of amides is 2. The van der Waals surface area contributed by atoms with Crippen LogP contribution in [0.3, 0.4) is 0 Å². The van der Waals surface area contributed by atoms with Crippen LogP contribution in [0.1, 0.15) is 90.2 Å². The molecule has 1 aromatic heterocycles. The van der Waals surface area contributed by atoms with Crippen LogP contribution in [0.25, 0.3) is 11.0 Å². The second-order valence-electron chi connectivity index (χ2n) is 13.2. The number of nitrogens with one attached hydrogen (secondary N) is 2. The van der Waals surface area contributed by atoms with E-state index >= 15 is 0 Å². The molecule has 2 saturated carbocycles. The van der Waals surface area contributed by atoms with E-state index in [1.165, 1.54) is 38.5 Å². The third kappa shape index (κ3) is 4.99. The van der Waals surface area contributed by atoms with Gasteiger partial charge in [0.25, 0.3) is 0 Å². The lowest BCUT2D eigenvalue weighted by Gasteiger charge is -2.39. The van der Waals surface area contributed by atoms with Crippen LogP contribution in [0, 0.1) is 16.7 Å². The van der Waals surface area contributed by atoms with Crippen molar-refractivity contribution in [1.29, 1.82) is 0 Å². The summed E-state index contributed by atoms with van der Waals surface area (Å²) in [7, 11) is 3.90. The monoisotopic (exact) mass is 537 g/mol. The third-order valence-electron chi connectivity index (χ3n) is 10.8. The minimum Gasteiger partial charge on any atom is -0.313 e. The maximum absolute atomic E-state index is 13.2. The van der Waals surface area contributed by atoms with Crippen LogP contribution in [-0.4, -0.2) is 52.0 Å². The summed E-state index contributed by atoms with van der Waals surface area (Å²) < 4.78 is 3.21. The van der Waals surface area contributed by atoms with Gasteiger partial charge in [-0.05, 0) is 87.0 Å². The highest BCUT2D eigenvalue weighted by atomic mass is 16.2. The molecule has 0 spiro atoms. The molecular weight excluding hydrogens is 490 g/mol. The Balaban J connectivity index is 1.10. The normalized spacial score (nSPS) is 28.1. The largest absolute Gasteiger partial charge is 0.329 e. The van der Waals surface area contributed by atoms with Gasteiger partial charge in [-0.25, -0.2) is 4.79 Å². The number of rotatable bonds is 11. The minimum absolute atomic E-state index is 0.216. The molecule has 2 aromatic rings. The van der Waals surface area contributed by atoms with E-state index in [9.17, 15) is 14.4 Å². The molecule has 2 aliphatic carbocycles. The number of hydrogen-bond donors (Lipinski definition) is 2. The SMILES string of the molecule is CN(CCCCCCN[C@H]1C[C@H]2CC[C@]1(C)C2(C)C)Cc1cccc2c1n(C)c(=O)n2C1CCC(=O)NC1=O. The highest BCUT2D eigenvalue weighted by Crippen LogP contribution is 2.65. The Morgan fingerprint density at radius 1 is 1.08 bits per heavy atom. The smallest absolute Gasteiger partial charge is 0.313 e. The number of benzene rings is 1. The second-order valence-corrected chi connectivity index (χ2v) is 13.2. The van der Waals surface area contributed by atoms with Crippen molar-refractivity contribution in [3.8, 4) is 0 Å². The molecule has 4 atom stereocenters. The van der Waals surface area contributed by atoms with E-state index < -0.39 is 11.9 Å². The van der Waals surface area contributed by atoms with E-state index in [4.69, 9.17) is 0 Å². The molecule has 2 bridgehead atoms. The quantitative estimate of drug-likeness (QED) is 0.333. The van der Waals surface area contributed by atoms with Crippen molar-refractivity contribution in [2.24, 2.45) is 23.8 Å². The molecule has 5 rings (SSSR count). The fraction of sp³-hybridized carbons (Fsp3) is 0.710. The van der Waals surface area contributed by atoms with Crippen LogP contribution in [0.4, 0.5) is 0 Å². The number of fused-ring (bicyclic) bond motifs is 3. The molecule has 1 unspecified atom stereocenters. The van der Waals surface area contributed by atoms with Crippen LogP contribution in [0.15, 0.2) is 23.0 Å². The van der Waals surface area contributed by atoms with Gasteiger partial charge in [-0.15, -0.1) is 0 Å². The number of hydrogen-bond acceptors (Lipinski definition) is 5. The Morgan fingerprint density at radius 2 is 1.85 bits per heavy atom. The number of carbonyl (C=O) groups excluding carboxylic acids is 2. The van der Waals surface area contributed by atoms with Gasteiger partial charge in [-0.1, -0.05) is 45.7 Å². The highest BCUT2D eigenvalue weighted by molar-refractivity contribution is 6.00. The van der Waals surface area contributed by atoms with Crippen LogP contribution in [0.2, 0.25) is 0 Å². The Hall–Kier alpha value is -2.45. The van der Waals surface area contributed by atoms with Crippen LogP contribution >= 0.6 is 0 Å². The van der Waals surface area contributed by atoms with Crippen LogP contribution in [0.5, 0.6) is 0 Å². The molecule has 3 aliphatic rings.